The van der Waals surface area contributed by atoms with Crippen molar-refractivity contribution in [2.24, 2.45) is 0 Å². The minimum atomic E-state index is -0.808. The normalized spacial score (nSPS) is 32.6. The van der Waals surface area contributed by atoms with E-state index in [0.29, 0.717) is 12.6 Å². The maximum Gasteiger partial charge on any atom is 0.223 e. The van der Waals surface area contributed by atoms with Gasteiger partial charge in [-0.3, -0.25) is 4.79 Å². The van der Waals surface area contributed by atoms with Crippen molar-refractivity contribution in [1.29, 1.82) is 0 Å². The molecule has 3 N–H and O–H groups in total. The average molecular weight is 198 g/mol. The molecule has 2 fully saturated rings. The molecular weight excluding hydrogens is 180 g/mol. The van der Waals surface area contributed by atoms with E-state index in [9.17, 15) is 9.90 Å². The number of β-amino-alcohol motifs (C(OH)–C–C–N with tert-alkyl or cyclic N) is 1. The van der Waals surface area contributed by atoms with E-state index >= 15 is 0 Å². The quantitative estimate of drug-likeness (QED) is 0.587. The van der Waals surface area contributed by atoms with Gasteiger partial charge in [0, 0.05) is 12.6 Å². The van der Waals surface area contributed by atoms with Crippen molar-refractivity contribution in [3.63, 3.8) is 0 Å². The zero-order valence-corrected chi connectivity index (χ0v) is 8.38. The molecule has 1 aliphatic carbocycles. The van der Waals surface area contributed by atoms with Gasteiger partial charge in [0.15, 0.2) is 0 Å². The lowest BCUT2D eigenvalue weighted by atomic mass is 9.90. The fraction of sp³-hybridized carbons (Fsp3) is 0.900. The van der Waals surface area contributed by atoms with Gasteiger partial charge in [-0.15, -0.1) is 0 Å². The highest BCUT2D eigenvalue weighted by atomic mass is 16.3. The second kappa shape index (κ2) is 3.87. The molecule has 1 saturated heterocycles. The molecule has 0 aromatic carbocycles. The summed E-state index contributed by atoms with van der Waals surface area (Å²) in [6.07, 6.45) is 4.13. The molecule has 80 valence electrons. The van der Waals surface area contributed by atoms with Crippen molar-refractivity contribution in [2.45, 2.75) is 43.7 Å². The van der Waals surface area contributed by atoms with Crippen molar-refractivity contribution in [2.75, 3.05) is 13.1 Å². The van der Waals surface area contributed by atoms with Crippen LogP contribution in [0.15, 0.2) is 0 Å². The van der Waals surface area contributed by atoms with Crippen LogP contribution in [0.4, 0.5) is 0 Å². The number of carbonyl (C=O) groups is 1. The lowest BCUT2D eigenvalue weighted by Gasteiger charge is -2.32. The first-order valence-corrected chi connectivity index (χ1v) is 5.40. The van der Waals surface area contributed by atoms with E-state index in [1.807, 2.05) is 0 Å². The highest BCUT2D eigenvalue weighted by molar-refractivity contribution is 5.77. The Hall–Kier alpha value is -0.610. The first-order valence-electron chi connectivity index (χ1n) is 5.40. The number of nitrogens with one attached hydrogen (secondary N) is 2. The molecule has 4 heteroatoms. The standard InChI is InChI=1S/C10H18N2O2/c13-9(12-8-2-3-8)6-10(14)4-1-5-11-7-10/h8,11,14H,1-7H2,(H,12,13). The highest BCUT2D eigenvalue weighted by Crippen LogP contribution is 2.22. The molecule has 1 atom stereocenters. The van der Waals surface area contributed by atoms with Gasteiger partial charge < -0.3 is 15.7 Å². The van der Waals surface area contributed by atoms with Crippen LogP contribution in [0.25, 0.3) is 0 Å². The van der Waals surface area contributed by atoms with Gasteiger partial charge in [0.05, 0.1) is 12.0 Å². The van der Waals surface area contributed by atoms with Crippen LogP contribution >= 0.6 is 0 Å². The van der Waals surface area contributed by atoms with E-state index in [4.69, 9.17) is 0 Å². The lowest BCUT2D eigenvalue weighted by Crippen LogP contribution is -2.48. The van der Waals surface area contributed by atoms with Gasteiger partial charge in [-0.25, -0.2) is 0 Å². The fourth-order valence-corrected chi connectivity index (χ4v) is 1.91. The molecule has 1 aliphatic heterocycles. The molecule has 0 radical (unpaired) electrons. The summed E-state index contributed by atoms with van der Waals surface area (Å²) in [5, 5.41) is 16.1. The summed E-state index contributed by atoms with van der Waals surface area (Å²) in [6.45, 7) is 1.50. The Morgan fingerprint density at radius 2 is 2.36 bits per heavy atom. The van der Waals surface area contributed by atoms with E-state index < -0.39 is 5.60 Å². The summed E-state index contributed by atoms with van der Waals surface area (Å²) in [7, 11) is 0. The zero-order valence-electron chi connectivity index (χ0n) is 8.38. The molecule has 1 heterocycles. The molecule has 0 aromatic rings. The van der Waals surface area contributed by atoms with Gasteiger partial charge in [-0.05, 0) is 32.2 Å². The van der Waals surface area contributed by atoms with E-state index in [-0.39, 0.29) is 12.3 Å². The minimum Gasteiger partial charge on any atom is -0.388 e. The number of aliphatic hydroxyl groups is 1. The van der Waals surface area contributed by atoms with Gasteiger partial charge in [0.1, 0.15) is 0 Å². The highest BCUT2D eigenvalue weighted by Gasteiger charge is 2.33. The first kappa shape index (κ1) is 9.93. The molecule has 2 aliphatic rings. The Bertz CT molecular complexity index is 220. The summed E-state index contributed by atoms with van der Waals surface area (Å²) in [5.41, 5.74) is -0.808. The fourth-order valence-electron chi connectivity index (χ4n) is 1.91. The Morgan fingerprint density at radius 3 is 2.93 bits per heavy atom. The molecule has 1 saturated carbocycles. The van der Waals surface area contributed by atoms with Gasteiger partial charge in [-0.1, -0.05) is 0 Å². The van der Waals surface area contributed by atoms with E-state index in [1.54, 1.807) is 0 Å². The number of rotatable bonds is 3. The Labute approximate surface area is 84.1 Å². The second-order valence-electron chi connectivity index (χ2n) is 4.52. The summed E-state index contributed by atoms with van der Waals surface area (Å²) in [4.78, 5) is 11.5. The van der Waals surface area contributed by atoms with Gasteiger partial charge in [0.25, 0.3) is 0 Å². The largest absolute Gasteiger partial charge is 0.388 e. The maximum atomic E-state index is 11.5. The second-order valence-corrected chi connectivity index (χ2v) is 4.52. The van der Waals surface area contributed by atoms with Crippen LogP contribution in [-0.4, -0.2) is 35.7 Å². The third-order valence-electron chi connectivity index (χ3n) is 2.88. The van der Waals surface area contributed by atoms with E-state index in [2.05, 4.69) is 10.6 Å². The molecule has 1 unspecified atom stereocenters. The number of carbonyl (C=O) groups excluding carboxylic acids is 1. The number of hydrogen-bond donors (Lipinski definition) is 3. The Kier molecular flexibility index (Phi) is 2.74. The van der Waals surface area contributed by atoms with Crippen molar-refractivity contribution in [3.8, 4) is 0 Å². The van der Waals surface area contributed by atoms with Crippen LogP contribution in [0.2, 0.25) is 0 Å². The molecule has 4 nitrogen and oxygen atoms in total. The molecule has 1 amide bonds. The smallest absolute Gasteiger partial charge is 0.223 e. The van der Waals surface area contributed by atoms with Crippen LogP contribution in [-0.2, 0) is 4.79 Å². The van der Waals surface area contributed by atoms with Crippen molar-refractivity contribution >= 4 is 5.91 Å². The predicted octanol–water partition coefficient (Wildman–Crippen LogP) is -0.230. The van der Waals surface area contributed by atoms with Gasteiger partial charge in [0.2, 0.25) is 5.91 Å². The SMILES string of the molecule is O=C(CC1(O)CCCNC1)NC1CC1. The number of hydrogen-bond acceptors (Lipinski definition) is 3. The van der Waals surface area contributed by atoms with Crippen LogP contribution in [0, 0.1) is 0 Å². The van der Waals surface area contributed by atoms with Crippen LogP contribution in [0.1, 0.15) is 32.1 Å². The molecule has 0 bridgehead atoms. The zero-order chi connectivity index (χ0) is 10.0. The molecule has 0 spiro atoms. The molecule has 14 heavy (non-hydrogen) atoms. The number of piperidine rings is 1. The average Bonchev–Trinajstić information content (AvgIpc) is 2.88. The molecule has 2 rings (SSSR count). The Balaban J connectivity index is 1.78. The van der Waals surface area contributed by atoms with Crippen LogP contribution in [0.5, 0.6) is 0 Å². The van der Waals surface area contributed by atoms with Crippen molar-refractivity contribution in [3.05, 3.63) is 0 Å². The van der Waals surface area contributed by atoms with Crippen LogP contribution < -0.4 is 10.6 Å². The molecular formula is C10H18N2O2. The lowest BCUT2D eigenvalue weighted by molar-refractivity contribution is -0.126. The van der Waals surface area contributed by atoms with E-state index in [0.717, 1.165) is 32.2 Å². The number of amides is 1. The van der Waals surface area contributed by atoms with E-state index in [1.165, 1.54) is 0 Å². The summed E-state index contributed by atoms with van der Waals surface area (Å²) in [5.74, 6) is -0.00120. The van der Waals surface area contributed by atoms with Crippen LogP contribution in [0.3, 0.4) is 0 Å². The predicted molar refractivity (Wildman–Crippen MR) is 52.8 cm³/mol. The Morgan fingerprint density at radius 1 is 1.57 bits per heavy atom. The topological polar surface area (TPSA) is 61.4 Å². The summed E-state index contributed by atoms with van der Waals surface area (Å²) in [6, 6.07) is 0.391. The minimum absolute atomic E-state index is 0.00120. The monoisotopic (exact) mass is 198 g/mol. The summed E-state index contributed by atoms with van der Waals surface area (Å²) >= 11 is 0. The van der Waals surface area contributed by atoms with Gasteiger partial charge >= 0.3 is 0 Å². The summed E-state index contributed by atoms with van der Waals surface area (Å²) < 4.78 is 0. The maximum absolute atomic E-state index is 11.5. The first-order chi connectivity index (χ1) is 6.68. The van der Waals surface area contributed by atoms with Gasteiger partial charge in [-0.2, -0.15) is 0 Å². The third kappa shape index (κ3) is 2.69. The van der Waals surface area contributed by atoms with Crippen molar-refractivity contribution < 1.29 is 9.90 Å². The third-order valence-corrected chi connectivity index (χ3v) is 2.88. The molecule has 0 aromatic heterocycles. The van der Waals surface area contributed by atoms with Crippen molar-refractivity contribution in [1.82, 2.24) is 10.6 Å².